The lowest BCUT2D eigenvalue weighted by Gasteiger charge is -2.16. The zero-order valence-electron chi connectivity index (χ0n) is 9.65. The molecule has 6 heteroatoms. The summed E-state index contributed by atoms with van der Waals surface area (Å²) in [5, 5.41) is 0.535. The number of amides is 1. The smallest absolute Gasteiger partial charge is 0.255 e. The number of nitrogens with zero attached hydrogens (tertiary/aromatic N) is 2. The van der Waals surface area contributed by atoms with Gasteiger partial charge in [-0.3, -0.25) is 4.79 Å². The van der Waals surface area contributed by atoms with Crippen molar-refractivity contribution in [2.24, 2.45) is 0 Å². The van der Waals surface area contributed by atoms with Crippen LogP contribution in [0.1, 0.15) is 16.2 Å². The molecular formula is C12H11BrClN3O. The van der Waals surface area contributed by atoms with Gasteiger partial charge in [-0.2, -0.15) is 0 Å². The van der Waals surface area contributed by atoms with Gasteiger partial charge in [0.25, 0.3) is 5.91 Å². The topological polar surface area (TPSA) is 49.0 Å². The van der Waals surface area contributed by atoms with Crippen molar-refractivity contribution in [2.45, 2.75) is 6.54 Å². The zero-order valence-corrected chi connectivity index (χ0v) is 12.0. The fourth-order valence-electron chi connectivity index (χ4n) is 1.55. The monoisotopic (exact) mass is 327 g/mol. The summed E-state index contributed by atoms with van der Waals surface area (Å²) in [5.41, 5.74) is 0.538. The molecule has 2 aromatic rings. The molecule has 0 saturated heterocycles. The Morgan fingerprint density at radius 3 is 3.00 bits per heavy atom. The second kappa shape index (κ2) is 5.54. The van der Waals surface area contributed by atoms with E-state index in [1.165, 1.54) is 0 Å². The van der Waals surface area contributed by atoms with E-state index in [-0.39, 0.29) is 5.91 Å². The van der Waals surface area contributed by atoms with Crippen molar-refractivity contribution in [1.82, 2.24) is 14.9 Å². The van der Waals surface area contributed by atoms with Gasteiger partial charge < -0.3 is 9.88 Å². The minimum Gasteiger partial charge on any atom is -0.347 e. The van der Waals surface area contributed by atoms with Crippen molar-refractivity contribution >= 4 is 33.4 Å². The van der Waals surface area contributed by atoms with E-state index in [2.05, 4.69) is 25.9 Å². The molecule has 0 radical (unpaired) electrons. The van der Waals surface area contributed by atoms with Gasteiger partial charge in [-0.15, -0.1) is 0 Å². The number of aromatic nitrogens is 2. The quantitative estimate of drug-likeness (QED) is 0.941. The molecule has 0 aliphatic rings. The lowest BCUT2D eigenvalue weighted by molar-refractivity contribution is 0.0781. The van der Waals surface area contributed by atoms with Gasteiger partial charge in [0.15, 0.2) is 0 Å². The molecule has 0 unspecified atom stereocenters. The average Bonchev–Trinajstić information content (AvgIpc) is 2.84. The lowest BCUT2D eigenvalue weighted by Crippen LogP contribution is -2.27. The van der Waals surface area contributed by atoms with Crippen molar-refractivity contribution in [3.8, 4) is 0 Å². The summed E-state index contributed by atoms with van der Waals surface area (Å²) in [5.74, 6) is 0.629. The number of H-pyrrole nitrogens is 1. The van der Waals surface area contributed by atoms with E-state index in [0.717, 1.165) is 10.3 Å². The Labute approximate surface area is 118 Å². The number of carbonyl (C=O) groups excluding carboxylic acids is 1. The number of nitrogens with one attached hydrogen (secondary N) is 1. The molecule has 0 aliphatic heterocycles. The highest BCUT2D eigenvalue weighted by Gasteiger charge is 2.16. The molecule has 1 N–H and O–H groups in total. The van der Waals surface area contributed by atoms with Crippen LogP contribution in [0.2, 0.25) is 5.02 Å². The summed E-state index contributed by atoms with van der Waals surface area (Å²) in [6.07, 6.45) is 3.38. The van der Waals surface area contributed by atoms with Crippen LogP contribution in [0, 0.1) is 0 Å². The van der Waals surface area contributed by atoms with E-state index in [0.29, 0.717) is 17.1 Å². The molecule has 18 heavy (non-hydrogen) atoms. The van der Waals surface area contributed by atoms with Crippen molar-refractivity contribution < 1.29 is 4.79 Å². The first-order chi connectivity index (χ1) is 8.58. The largest absolute Gasteiger partial charge is 0.347 e. The molecule has 0 saturated carbocycles. The molecule has 0 aliphatic carbocycles. The van der Waals surface area contributed by atoms with Crippen LogP contribution in [0.5, 0.6) is 0 Å². The van der Waals surface area contributed by atoms with Gasteiger partial charge in [0.1, 0.15) is 5.82 Å². The van der Waals surface area contributed by atoms with Gasteiger partial charge in [-0.05, 0) is 34.1 Å². The number of carbonyl (C=O) groups is 1. The van der Waals surface area contributed by atoms with E-state index < -0.39 is 0 Å². The van der Waals surface area contributed by atoms with Crippen LogP contribution in [-0.2, 0) is 6.54 Å². The number of rotatable bonds is 3. The SMILES string of the molecule is CN(Cc1ncc[nH]1)C(=O)c1cc(Cl)ccc1Br. The fraction of sp³-hybridized carbons (Fsp3) is 0.167. The molecule has 1 amide bonds. The number of imidazole rings is 1. The molecule has 0 spiro atoms. The van der Waals surface area contributed by atoms with Crippen molar-refractivity contribution in [3.05, 3.63) is 51.5 Å². The van der Waals surface area contributed by atoms with Crippen LogP contribution in [0.3, 0.4) is 0 Å². The van der Waals surface area contributed by atoms with Crippen molar-refractivity contribution in [3.63, 3.8) is 0 Å². The summed E-state index contributed by atoms with van der Waals surface area (Å²) in [6.45, 7) is 0.421. The predicted octanol–water partition coefficient (Wildman–Crippen LogP) is 3.10. The summed E-state index contributed by atoms with van der Waals surface area (Å²) in [7, 11) is 1.72. The van der Waals surface area contributed by atoms with Crippen LogP contribution in [0.4, 0.5) is 0 Å². The summed E-state index contributed by atoms with van der Waals surface area (Å²) in [4.78, 5) is 20.9. The Kier molecular flexibility index (Phi) is 4.04. The molecule has 0 bridgehead atoms. The number of halogens is 2. The third-order valence-corrected chi connectivity index (χ3v) is 3.37. The molecule has 1 aromatic carbocycles. The Bertz CT molecular complexity index is 556. The molecule has 1 aromatic heterocycles. The second-order valence-corrected chi connectivity index (χ2v) is 5.11. The molecule has 94 valence electrons. The minimum atomic E-state index is -0.110. The number of aromatic amines is 1. The minimum absolute atomic E-state index is 0.110. The van der Waals surface area contributed by atoms with Gasteiger partial charge in [0, 0.05) is 28.9 Å². The second-order valence-electron chi connectivity index (χ2n) is 3.82. The van der Waals surface area contributed by atoms with E-state index >= 15 is 0 Å². The van der Waals surface area contributed by atoms with Crippen LogP contribution in [0.15, 0.2) is 35.1 Å². The first-order valence-electron chi connectivity index (χ1n) is 5.26. The normalized spacial score (nSPS) is 10.4. The first-order valence-corrected chi connectivity index (χ1v) is 6.44. The number of benzene rings is 1. The van der Waals surface area contributed by atoms with Gasteiger partial charge in [-0.25, -0.2) is 4.98 Å². The maximum absolute atomic E-state index is 12.2. The lowest BCUT2D eigenvalue weighted by atomic mass is 10.2. The van der Waals surface area contributed by atoms with Crippen LogP contribution >= 0.6 is 27.5 Å². The summed E-state index contributed by atoms with van der Waals surface area (Å²) < 4.78 is 0.725. The summed E-state index contributed by atoms with van der Waals surface area (Å²) >= 11 is 9.25. The van der Waals surface area contributed by atoms with Crippen molar-refractivity contribution in [1.29, 1.82) is 0 Å². The Morgan fingerprint density at radius 2 is 2.33 bits per heavy atom. The molecule has 0 fully saturated rings. The van der Waals surface area contributed by atoms with Gasteiger partial charge in [-0.1, -0.05) is 11.6 Å². The standard InChI is InChI=1S/C12H11BrClN3O/c1-17(7-11-15-4-5-16-11)12(18)9-6-8(14)2-3-10(9)13/h2-6H,7H2,1H3,(H,15,16). The molecule has 4 nitrogen and oxygen atoms in total. The van der Waals surface area contributed by atoms with Gasteiger partial charge >= 0.3 is 0 Å². The Morgan fingerprint density at radius 1 is 1.56 bits per heavy atom. The van der Waals surface area contributed by atoms with Crippen molar-refractivity contribution in [2.75, 3.05) is 7.05 Å². The molecular weight excluding hydrogens is 318 g/mol. The third-order valence-electron chi connectivity index (χ3n) is 2.45. The average molecular weight is 329 g/mol. The van der Waals surface area contributed by atoms with Crippen LogP contribution < -0.4 is 0 Å². The molecule has 2 rings (SSSR count). The van der Waals surface area contributed by atoms with Crippen LogP contribution in [0.25, 0.3) is 0 Å². The highest BCUT2D eigenvalue weighted by Crippen LogP contribution is 2.22. The number of hydrogen-bond donors (Lipinski definition) is 1. The molecule has 1 heterocycles. The van der Waals surface area contributed by atoms with Crippen LogP contribution in [-0.4, -0.2) is 27.8 Å². The Hall–Kier alpha value is -1.33. The van der Waals surface area contributed by atoms with E-state index in [1.54, 1.807) is 42.5 Å². The maximum Gasteiger partial charge on any atom is 0.255 e. The predicted molar refractivity (Wildman–Crippen MR) is 73.5 cm³/mol. The zero-order chi connectivity index (χ0) is 13.1. The summed E-state index contributed by atoms with van der Waals surface area (Å²) in [6, 6.07) is 5.14. The third kappa shape index (κ3) is 2.91. The number of hydrogen-bond acceptors (Lipinski definition) is 2. The van der Waals surface area contributed by atoms with E-state index in [9.17, 15) is 4.79 Å². The van der Waals surface area contributed by atoms with Gasteiger partial charge in [0.05, 0.1) is 12.1 Å². The maximum atomic E-state index is 12.2. The van der Waals surface area contributed by atoms with Gasteiger partial charge in [0.2, 0.25) is 0 Å². The van der Waals surface area contributed by atoms with E-state index in [4.69, 9.17) is 11.6 Å². The molecule has 0 atom stereocenters. The highest BCUT2D eigenvalue weighted by atomic mass is 79.9. The first kappa shape index (κ1) is 13.1. The van der Waals surface area contributed by atoms with E-state index in [1.807, 2.05) is 0 Å². The highest BCUT2D eigenvalue weighted by molar-refractivity contribution is 9.10. The Balaban J connectivity index is 2.17. The fourth-order valence-corrected chi connectivity index (χ4v) is 2.14.